The smallest absolute Gasteiger partial charge is 0.379 e. The van der Waals surface area contributed by atoms with Crippen LogP contribution in [0.2, 0.25) is 0 Å². The van der Waals surface area contributed by atoms with E-state index in [0.29, 0.717) is 56.6 Å². The van der Waals surface area contributed by atoms with Gasteiger partial charge in [-0.15, -0.1) is 0 Å². The van der Waals surface area contributed by atoms with Gasteiger partial charge in [-0.1, -0.05) is 121 Å². The van der Waals surface area contributed by atoms with Crippen LogP contribution in [-0.2, 0) is 64.4 Å². The van der Waals surface area contributed by atoms with E-state index in [-0.39, 0.29) is 46.6 Å². The Morgan fingerprint density at radius 1 is 0.635 bits per heavy atom. The quantitative estimate of drug-likeness (QED) is 0.0754. The first-order valence-electron chi connectivity index (χ1n) is 24.2. The number of benzene rings is 6. The van der Waals surface area contributed by atoms with Gasteiger partial charge in [0.15, 0.2) is 23.0 Å². The Morgan fingerprint density at radius 2 is 1.14 bits per heavy atom. The van der Waals surface area contributed by atoms with E-state index in [1.165, 1.54) is 21.3 Å². The molecule has 3 aliphatic heterocycles. The number of nitrogens with one attached hydrogen (secondary N) is 1. The number of hydrogen-bond acceptors (Lipinski definition) is 14. The van der Waals surface area contributed by atoms with Gasteiger partial charge in [0.05, 0.1) is 66.5 Å². The van der Waals surface area contributed by atoms with E-state index in [4.69, 9.17) is 56.8 Å². The van der Waals surface area contributed by atoms with Crippen molar-refractivity contribution in [3.8, 4) is 28.7 Å². The first-order valence-corrected chi connectivity index (χ1v) is 24.2. The molecule has 6 aromatic rings. The molecule has 2 fully saturated rings. The predicted molar refractivity (Wildman–Crippen MR) is 262 cm³/mol. The van der Waals surface area contributed by atoms with Crippen LogP contribution in [0.3, 0.4) is 0 Å². The number of halogens is 2. The molecule has 0 bridgehead atoms. The fourth-order valence-corrected chi connectivity index (χ4v) is 10.1. The number of carbonyl (C=O) groups is 1. The minimum absolute atomic E-state index is 0.00276. The van der Waals surface area contributed by atoms with Gasteiger partial charge < -0.3 is 67.3 Å². The maximum atomic E-state index is 18.3. The topological polar surface area (TPSA) is 160 Å². The number of methoxy groups -OCH3 is 3. The molecule has 2 N–H and O–H groups in total. The number of amides is 1. The molecule has 6 aromatic carbocycles. The molecule has 3 heterocycles. The molecule has 4 aliphatic rings. The lowest BCUT2D eigenvalue weighted by molar-refractivity contribution is -0.415. The van der Waals surface area contributed by atoms with E-state index in [2.05, 4.69) is 5.32 Å². The van der Waals surface area contributed by atoms with Gasteiger partial charge in [0.1, 0.15) is 37.3 Å². The molecule has 0 aromatic heterocycles. The molecule has 0 radical (unpaired) electrons. The summed E-state index contributed by atoms with van der Waals surface area (Å²) in [7, 11) is 4.48. The second-order valence-electron chi connectivity index (χ2n) is 18.3. The molecule has 0 spiro atoms. The Balaban J connectivity index is 1.05. The molecule has 0 saturated carbocycles. The van der Waals surface area contributed by atoms with Gasteiger partial charge in [-0.3, -0.25) is 4.79 Å². The van der Waals surface area contributed by atoms with Gasteiger partial charge in [0, 0.05) is 5.92 Å². The first kappa shape index (κ1) is 50.8. The van der Waals surface area contributed by atoms with Gasteiger partial charge in [-0.2, -0.15) is 8.78 Å². The fourth-order valence-electron chi connectivity index (χ4n) is 10.1. The van der Waals surface area contributed by atoms with E-state index in [1.807, 2.05) is 91.0 Å². The maximum Gasteiger partial charge on any atom is 0.379 e. The number of rotatable bonds is 20. The summed E-state index contributed by atoms with van der Waals surface area (Å²) in [5.41, 5.74) is 4.40. The van der Waals surface area contributed by atoms with Crippen molar-refractivity contribution >= 4 is 5.91 Å². The van der Waals surface area contributed by atoms with Gasteiger partial charge in [-0.05, 0) is 63.2 Å². The Hall–Kier alpha value is -6.67. The lowest BCUT2D eigenvalue weighted by Crippen LogP contribution is -2.75. The number of fused-ring (bicyclic) bond motifs is 3. The van der Waals surface area contributed by atoms with Gasteiger partial charge in [0.2, 0.25) is 12.5 Å². The average molecular weight is 1020 g/mol. The summed E-state index contributed by atoms with van der Waals surface area (Å²) in [4.78, 5) is 15.0. The Bertz CT molecular complexity index is 2810. The zero-order chi connectivity index (χ0) is 51.2. The highest BCUT2D eigenvalue weighted by Crippen LogP contribution is 2.53. The molecule has 1 amide bonds. The van der Waals surface area contributed by atoms with E-state index >= 15 is 13.6 Å². The molecule has 17 heteroatoms. The van der Waals surface area contributed by atoms with Gasteiger partial charge in [0.25, 0.3) is 11.7 Å². The van der Waals surface area contributed by atoms with Crippen LogP contribution in [0.5, 0.6) is 28.7 Å². The zero-order valence-electron chi connectivity index (χ0n) is 40.9. The van der Waals surface area contributed by atoms with E-state index in [1.54, 1.807) is 54.6 Å². The van der Waals surface area contributed by atoms with Crippen LogP contribution < -0.4 is 29.0 Å². The molecule has 15 nitrogen and oxygen atoms in total. The molecule has 1 aliphatic carbocycles. The highest BCUT2D eigenvalue weighted by atomic mass is 19.3. The number of carbonyl (C=O) groups excluding carboxylic acids is 1. The third-order valence-corrected chi connectivity index (χ3v) is 13.8. The maximum absolute atomic E-state index is 18.3. The molecular formula is C57H57F2NO14. The normalized spacial score (nSPS) is 24.9. The van der Waals surface area contributed by atoms with Crippen molar-refractivity contribution in [2.24, 2.45) is 0 Å². The van der Waals surface area contributed by atoms with Crippen LogP contribution in [0, 0.1) is 0 Å². The van der Waals surface area contributed by atoms with Crippen LogP contribution in [0.1, 0.15) is 50.9 Å². The highest BCUT2D eigenvalue weighted by Gasteiger charge is 2.71. The van der Waals surface area contributed by atoms with E-state index in [9.17, 15) is 5.11 Å². The molecule has 74 heavy (non-hydrogen) atoms. The van der Waals surface area contributed by atoms with Crippen molar-refractivity contribution in [3.05, 3.63) is 185 Å². The average Bonchev–Trinajstić information content (AvgIpc) is 4.13. The van der Waals surface area contributed by atoms with Crippen molar-refractivity contribution in [3.63, 3.8) is 0 Å². The highest BCUT2D eigenvalue weighted by molar-refractivity contribution is 5.85. The molecule has 9 atom stereocenters. The van der Waals surface area contributed by atoms with Crippen LogP contribution in [0.4, 0.5) is 8.78 Å². The molecule has 10 rings (SSSR count). The number of aliphatic hydroxyl groups is 1. The molecule has 388 valence electrons. The van der Waals surface area contributed by atoms with Crippen molar-refractivity contribution in [1.29, 1.82) is 0 Å². The van der Waals surface area contributed by atoms with E-state index in [0.717, 1.165) is 11.1 Å². The summed E-state index contributed by atoms with van der Waals surface area (Å²) < 4.78 is 110. The first-order chi connectivity index (χ1) is 36.1. The molecule has 2 saturated heterocycles. The molecular weight excluding hydrogens is 961 g/mol. The summed E-state index contributed by atoms with van der Waals surface area (Å²) in [5.74, 6) is -9.30. The summed E-state index contributed by atoms with van der Waals surface area (Å²) >= 11 is 0. The summed E-state index contributed by atoms with van der Waals surface area (Å²) in [5, 5.41) is 15.6. The number of alkyl halides is 2. The standard InChI is InChI=1S/C57H57F2NO14/c1-63-44-24-39(25-45(64-2)49(44)65-3)47-40-26-42-43(71-33-70-42)27-41(40)48(52-51(47)72-34-73-52)60-55(61)56(58,59)57(62)54(69-31-38-22-14-7-15-23-38)53(68-30-37-20-12-6-13-21-37)50(67-29-36-18-10-5-11-19-36)46(74-57)32-66-28-35-16-8-4-9-17-35/h4-27,46-48,50-54,62H,28-34H2,1-3H3,(H,60,61)/t46-,47-,48+,50-,51-,52+,53+,54-,57-/m1/s1. The van der Waals surface area contributed by atoms with Crippen molar-refractivity contribution in [1.82, 2.24) is 5.32 Å². The third kappa shape index (κ3) is 10.3. The molecule has 0 unspecified atom stereocenters. The van der Waals surface area contributed by atoms with Crippen molar-refractivity contribution in [2.75, 3.05) is 41.5 Å². The van der Waals surface area contributed by atoms with Crippen LogP contribution in [-0.4, -0.2) is 101 Å². The van der Waals surface area contributed by atoms with Crippen LogP contribution >= 0.6 is 0 Å². The largest absolute Gasteiger partial charge is 0.493 e. The van der Waals surface area contributed by atoms with Crippen LogP contribution in [0.15, 0.2) is 146 Å². The second kappa shape index (κ2) is 22.4. The van der Waals surface area contributed by atoms with Crippen LogP contribution in [0.25, 0.3) is 0 Å². The predicted octanol–water partition coefficient (Wildman–Crippen LogP) is 8.18. The lowest BCUT2D eigenvalue weighted by atomic mass is 9.73. The van der Waals surface area contributed by atoms with Gasteiger partial charge >= 0.3 is 5.92 Å². The summed E-state index contributed by atoms with van der Waals surface area (Å²) in [6, 6.07) is 42.0. The fraction of sp³-hybridized carbons (Fsp3) is 0.351. The second-order valence-corrected chi connectivity index (χ2v) is 18.3. The minimum atomic E-state index is -4.80. The third-order valence-electron chi connectivity index (χ3n) is 13.8. The Labute approximate surface area is 427 Å². The zero-order valence-corrected chi connectivity index (χ0v) is 40.9. The van der Waals surface area contributed by atoms with Crippen molar-refractivity contribution in [2.45, 2.75) is 86.7 Å². The van der Waals surface area contributed by atoms with Gasteiger partial charge in [-0.25, -0.2) is 0 Å². The number of ether oxygens (including phenoxy) is 12. The Morgan fingerprint density at radius 3 is 1.68 bits per heavy atom. The van der Waals surface area contributed by atoms with E-state index < -0.39 is 66.2 Å². The SMILES string of the molecule is COc1cc([C@@H]2c3cc4c(cc3[C@H](NC(=O)C(F)(F)[C@]3(O)O[C@H](COCc5ccccc5)[C@@H](OCc5ccccc5)[C@H](OCc5ccccc5)[C@H]3OCc3ccccc3)[C@@H]3OCO[C@H]23)OCO4)cc(OC)c1OC. The van der Waals surface area contributed by atoms with Crippen molar-refractivity contribution < 1.29 is 75.5 Å². The monoisotopic (exact) mass is 1020 g/mol. The number of hydrogen-bond donors (Lipinski definition) is 2. The summed E-state index contributed by atoms with van der Waals surface area (Å²) in [6.45, 7) is -1.06. The Kier molecular flexibility index (Phi) is 15.4. The lowest BCUT2D eigenvalue weighted by Gasteiger charge is -2.52. The summed E-state index contributed by atoms with van der Waals surface area (Å²) in [6.07, 6.45) is -8.18. The minimum Gasteiger partial charge on any atom is -0.493 e.